The summed E-state index contributed by atoms with van der Waals surface area (Å²) in [5.41, 5.74) is -1.38. The number of phosphoric acid groups is 1. The van der Waals surface area contributed by atoms with Crippen molar-refractivity contribution in [1.29, 1.82) is 5.26 Å². The van der Waals surface area contributed by atoms with Gasteiger partial charge in [0.1, 0.15) is 0 Å². The lowest BCUT2D eigenvalue weighted by Gasteiger charge is -2.30. The molecule has 0 saturated heterocycles. The molecule has 2 unspecified atom stereocenters. The van der Waals surface area contributed by atoms with Crippen molar-refractivity contribution in [2.24, 2.45) is 5.92 Å². The Labute approximate surface area is 83.9 Å². The van der Waals surface area contributed by atoms with Gasteiger partial charge in [-0.2, -0.15) is 5.26 Å². The minimum atomic E-state index is -4.61. The van der Waals surface area contributed by atoms with Crippen molar-refractivity contribution in [2.45, 2.75) is 39.2 Å². The molecule has 0 radical (unpaired) electrons. The molecule has 0 aliphatic rings. The van der Waals surface area contributed by atoms with Crippen molar-refractivity contribution in [3.8, 4) is 6.07 Å². The van der Waals surface area contributed by atoms with Gasteiger partial charge in [-0.25, -0.2) is 4.57 Å². The Kier molecular flexibility index (Phi) is 4.76. The molecule has 0 fully saturated rings. The molecule has 2 atom stereocenters. The van der Waals surface area contributed by atoms with E-state index in [-0.39, 0.29) is 12.3 Å². The van der Waals surface area contributed by atoms with E-state index >= 15 is 0 Å². The molecule has 0 aromatic heterocycles. The summed E-state index contributed by atoms with van der Waals surface area (Å²) in [6, 6.07) is 1.86. The van der Waals surface area contributed by atoms with Crippen molar-refractivity contribution >= 4 is 7.82 Å². The Morgan fingerprint density at radius 3 is 2.29 bits per heavy atom. The van der Waals surface area contributed by atoms with Crippen LogP contribution in [0.1, 0.15) is 33.6 Å². The summed E-state index contributed by atoms with van der Waals surface area (Å²) < 4.78 is 15.3. The monoisotopic (exact) mass is 221 g/mol. The van der Waals surface area contributed by atoms with Gasteiger partial charge in [0.05, 0.1) is 6.07 Å². The van der Waals surface area contributed by atoms with Gasteiger partial charge in [0, 0.05) is 0 Å². The van der Waals surface area contributed by atoms with Crippen LogP contribution in [0.3, 0.4) is 0 Å². The maximum atomic E-state index is 10.7. The second-order valence-corrected chi connectivity index (χ2v) is 4.41. The molecule has 0 rings (SSSR count). The predicted molar refractivity (Wildman–Crippen MR) is 51.2 cm³/mol. The van der Waals surface area contributed by atoms with Crippen molar-refractivity contribution in [3.05, 3.63) is 0 Å². The Morgan fingerprint density at radius 1 is 1.57 bits per heavy atom. The topological polar surface area (TPSA) is 90.5 Å². The summed E-state index contributed by atoms with van der Waals surface area (Å²) in [4.78, 5) is 17.4. The van der Waals surface area contributed by atoms with Crippen LogP contribution in [0.4, 0.5) is 0 Å². The SMILES string of the molecule is CCC(C)C(C#N)(CC)OP(=O)(O)O. The average Bonchev–Trinajstić information content (AvgIpc) is 2.11. The van der Waals surface area contributed by atoms with Gasteiger partial charge < -0.3 is 9.79 Å². The molecular weight excluding hydrogens is 205 g/mol. The number of phosphoric ester groups is 1. The zero-order valence-corrected chi connectivity index (χ0v) is 9.49. The van der Waals surface area contributed by atoms with Crippen LogP contribution < -0.4 is 0 Å². The molecular formula is C8H16NO4P. The molecule has 0 bridgehead atoms. The van der Waals surface area contributed by atoms with Crippen LogP contribution in [-0.4, -0.2) is 15.4 Å². The first-order chi connectivity index (χ1) is 6.31. The Bertz CT molecular complexity index is 269. The minimum absolute atomic E-state index is 0.217. The summed E-state index contributed by atoms with van der Waals surface area (Å²) >= 11 is 0. The summed E-state index contributed by atoms with van der Waals surface area (Å²) in [5.74, 6) is -0.217. The van der Waals surface area contributed by atoms with E-state index in [1.54, 1.807) is 13.8 Å². The maximum Gasteiger partial charge on any atom is 0.471 e. The fourth-order valence-electron chi connectivity index (χ4n) is 1.25. The fraction of sp³-hybridized carbons (Fsp3) is 0.875. The van der Waals surface area contributed by atoms with Crippen LogP contribution in [0.2, 0.25) is 0 Å². The van der Waals surface area contributed by atoms with E-state index in [1.165, 1.54) is 0 Å². The maximum absolute atomic E-state index is 10.7. The van der Waals surface area contributed by atoms with Crippen LogP contribution in [0.5, 0.6) is 0 Å². The zero-order valence-electron chi connectivity index (χ0n) is 8.60. The van der Waals surface area contributed by atoms with Gasteiger partial charge in [0.2, 0.25) is 0 Å². The molecule has 0 aromatic rings. The lowest BCUT2D eigenvalue weighted by atomic mass is 9.86. The van der Waals surface area contributed by atoms with Crippen LogP contribution in [-0.2, 0) is 9.09 Å². The molecule has 0 heterocycles. The molecule has 0 aromatic carbocycles. The highest BCUT2D eigenvalue weighted by atomic mass is 31.2. The first kappa shape index (κ1) is 13.6. The van der Waals surface area contributed by atoms with E-state index in [1.807, 2.05) is 13.0 Å². The summed E-state index contributed by atoms with van der Waals surface area (Å²) in [7, 11) is -4.61. The van der Waals surface area contributed by atoms with E-state index in [0.717, 1.165) is 0 Å². The smallest absolute Gasteiger partial charge is 0.303 e. The second-order valence-electron chi connectivity index (χ2n) is 3.25. The van der Waals surface area contributed by atoms with Crippen molar-refractivity contribution in [3.63, 3.8) is 0 Å². The first-order valence-electron chi connectivity index (χ1n) is 4.48. The molecule has 82 valence electrons. The van der Waals surface area contributed by atoms with E-state index in [0.29, 0.717) is 6.42 Å². The number of nitriles is 1. The predicted octanol–water partition coefficient (Wildman–Crippen LogP) is 1.81. The van der Waals surface area contributed by atoms with Crippen molar-refractivity contribution in [2.75, 3.05) is 0 Å². The average molecular weight is 221 g/mol. The molecule has 0 saturated carbocycles. The Balaban J connectivity index is 4.92. The number of rotatable bonds is 5. The van der Waals surface area contributed by atoms with Crippen LogP contribution in [0.15, 0.2) is 0 Å². The molecule has 6 heteroatoms. The highest BCUT2D eigenvalue weighted by Gasteiger charge is 2.40. The summed E-state index contributed by atoms with van der Waals surface area (Å²) in [6.07, 6.45) is 0.880. The number of nitrogens with zero attached hydrogens (tertiary/aromatic N) is 1. The number of hydrogen-bond acceptors (Lipinski definition) is 3. The number of hydrogen-bond donors (Lipinski definition) is 2. The lowest BCUT2D eigenvalue weighted by Crippen LogP contribution is -2.36. The summed E-state index contributed by atoms with van der Waals surface area (Å²) in [6.45, 7) is 5.25. The highest BCUT2D eigenvalue weighted by Crippen LogP contribution is 2.45. The van der Waals surface area contributed by atoms with Crippen LogP contribution in [0.25, 0.3) is 0 Å². The van der Waals surface area contributed by atoms with Gasteiger partial charge >= 0.3 is 7.82 Å². The van der Waals surface area contributed by atoms with Crippen molar-refractivity contribution in [1.82, 2.24) is 0 Å². The fourth-order valence-corrected chi connectivity index (χ4v) is 2.03. The zero-order chi connectivity index (χ0) is 11.4. The van der Waals surface area contributed by atoms with Crippen LogP contribution in [0, 0.1) is 17.2 Å². The molecule has 0 amide bonds. The molecule has 2 N–H and O–H groups in total. The van der Waals surface area contributed by atoms with Gasteiger partial charge in [0.15, 0.2) is 5.60 Å². The van der Waals surface area contributed by atoms with Gasteiger partial charge in [-0.05, 0) is 18.8 Å². The second kappa shape index (κ2) is 4.90. The minimum Gasteiger partial charge on any atom is -0.303 e. The van der Waals surface area contributed by atoms with Crippen molar-refractivity contribution < 1.29 is 18.9 Å². The molecule has 5 nitrogen and oxygen atoms in total. The van der Waals surface area contributed by atoms with Gasteiger partial charge in [-0.3, -0.25) is 4.52 Å². The van der Waals surface area contributed by atoms with Gasteiger partial charge in [0.25, 0.3) is 0 Å². The van der Waals surface area contributed by atoms with Crippen LogP contribution >= 0.6 is 7.82 Å². The molecule has 0 aliphatic carbocycles. The highest BCUT2D eigenvalue weighted by molar-refractivity contribution is 7.46. The third-order valence-electron chi connectivity index (χ3n) is 2.40. The molecule has 0 aliphatic heterocycles. The molecule has 14 heavy (non-hydrogen) atoms. The largest absolute Gasteiger partial charge is 0.471 e. The standard InChI is InChI=1S/C8H16NO4P/c1-4-7(3)8(5-2,6-9)13-14(10,11)12/h7H,4-5H2,1-3H3,(H2,10,11,12). The quantitative estimate of drug-likeness (QED) is 0.691. The van der Waals surface area contributed by atoms with E-state index in [9.17, 15) is 4.57 Å². The third-order valence-corrected chi connectivity index (χ3v) is 2.97. The van der Waals surface area contributed by atoms with E-state index in [4.69, 9.17) is 15.0 Å². The first-order valence-corrected chi connectivity index (χ1v) is 6.02. The van der Waals surface area contributed by atoms with E-state index in [2.05, 4.69) is 4.52 Å². The Morgan fingerprint density at radius 2 is 2.07 bits per heavy atom. The lowest BCUT2D eigenvalue weighted by molar-refractivity contribution is 0.0315. The van der Waals surface area contributed by atoms with E-state index < -0.39 is 13.4 Å². The summed E-state index contributed by atoms with van der Waals surface area (Å²) in [5, 5.41) is 8.92. The van der Waals surface area contributed by atoms with Gasteiger partial charge in [-0.15, -0.1) is 0 Å². The molecule has 0 spiro atoms. The Hall–Kier alpha value is -0.400. The third kappa shape index (κ3) is 3.39. The normalized spacial score (nSPS) is 18.3. The van der Waals surface area contributed by atoms with Gasteiger partial charge in [-0.1, -0.05) is 20.8 Å².